The van der Waals surface area contributed by atoms with E-state index in [1.165, 1.54) is 34.4 Å². The summed E-state index contributed by atoms with van der Waals surface area (Å²) < 4.78 is 0. The maximum atomic E-state index is 11.4. The highest BCUT2D eigenvalue weighted by molar-refractivity contribution is 5.94. The van der Waals surface area contributed by atoms with Gasteiger partial charge in [0.05, 0.1) is 0 Å². The van der Waals surface area contributed by atoms with Crippen LogP contribution in [0.3, 0.4) is 0 Å². The fourth-order valence-corrected chi connectivity index (χ4v) is 3.22. The van der Waals surface area contributed by atoms with Gasteiger partial charge >= 0.3 is 0 Å². The summed E-state index contributed by atoms with van der Waals surface area (Å²) >= 11 is 0. The highest BCUT2D eigenvalue weighted by Crippen LogP contribution is 2.32. The van der Waals surface area contributed by atoms with Gasteiger partial charge in [0.15, 0.2) is 0 Å². The molecule has 0 aliphatic carbocycles. The third-order valence-electron chi connectivity index (χ3n) is 4.38. The van der Waals surface area contributed by atoms with Crippen LogP contribution in [0.4, 0.5) is 11.4 Å². The molecule has 21 heavy (non-hydrogen) atoms. The second kappa shape index (κ2) is 4.92. The molecule has 2 aliphatic heterocycles. The molecular formula is C18H18N2O. The van der Waals surface area contributed by atoms with Gasteiger partial charge in [-0.3, -0.25) is 4.79 Å². The van der Waals surface area contributed by atoms with E-state index in [0.717, 1.165) is 25.1 Å². The molecule has 0 spiro atoms. The highest BCUT2D eigenvalue weighted by Gasteiger charge is 2.16. The zero-order valence-electron chi connectivity index (χ0n) is 11.9. The quantitative estimate of drug-likeness (QED) is 0.837. The fourth-order valence-electron chi connectivity index (χ4n) is 3.22. The standard InChI is InChI=1S/C18H18N2O/c21-18-8-5-15-11-13(4-7-17(15)20-18)12-3-6-16-14(10-12)2-1-9-19-16/h3-4,6-7,10-11,19H,1-2,5,8-9H2,(H,20,21). The Morgan fingerprint density at radius 3 is 2.33 bits per heavy atom. The molecule has 4 rings (SSSR count). The number of rotatable bonds is 1. The molecule has 1 amide bonds. The van der Waals surface area contributed by atoms with Crippen LogP contribution >= 0.6 is 0 Å². The summed E-state index contributed by atoms with van der Waals surface area (Å²) in [7, 11) is 0. The first-order chi connectivity index (χ1) is 10.3. The molecule has 2 aromatic rings. The predicted molar refractivity (Wildman–Crippen MR) is 85.6 cm³/mol. The molecule has 0 fully saturated rings. The SMILES string of the molecule is O=C1CCc2cc(-c3ccc4c(c3)CCCN4)ccc2N1. The van der Waals surface area contributed by atoms with Gasteiger partial charge in [-0.15, -0.1) is 0 Å². The molecule has 2 N–H and O–H groups in total. The van der Waals surface area contributed by atoms with Crippen LogP contribution in [0.15, 0.2) is 36.4 Å². The lowest BCUT2D eigenvalue weighted by molar-refractivity contribution is -0.116. The summed E-state index contributed by atoms with van der Waals surface area (Å²) in [4.78, 5) is 11.4. The molecule has 106 valence electrons. The van der Waals surface area contributed by atoms with Crippen LogP contribution in [0.5, 0.6) is 0 Å². The molecule has 2 aromatic carbocycles. The van der Waals surface area contributed by atoms with Gasteiger partial charge < -0.3 is 10.6 Å². The lowest BCUT2D eigenvalue weighted by Crippen LogP contribution is -2.18. The minimum absolute atomic E-state index is 0.120. The van der Waals surface area contributed by atoms with Crippen LogP contribution < -0.4 is 10.6 Å². The summed E-state index contributed by atoms with van der Waals surface area (Å²) in [5.41, 5.74) is 7.38. The summed E-state index contributed by atoms with van der Waals surface area (Å²) in [5, 5.41) is 6.39. The second-order valence-electron chi connectivity index (χ2n) is 5.82. The molecule has 2 heterocycles. The third kappa shape index (κ3) is 2.29. The minimum Gasteiger partial charge on any atom is -0.385 e. The zero-order chi connectivity index (χ0) is 14.2. The number of nitrogens with one attached hydrogen (secondary N) is 2. The number of carbonyl (C=O) groups excluding carboxylic acids is 1. The first-order valence-corrected chi connectivity index (χ1v) is 7.59. The van der Waals surface area contributed by atoms with Crippen molar-refractivity contribution in [3.8, 4) is 11.1 Å². The average Bonchev–Trinajstić information content (AvgIpc) is 2.54. The van der Waals surface area contributed by atoms with Crippen LogP contribution in [0.25, 0.3) is 11.1 Å². The number of carbonyl (C=O) groups is 1. The van der Waals surface area contributed by atoms with E-state index in [1.807, 2.05) is 6.07 Å². The van der Waals surface area contributed by atoms with E-state index in [-0.39, 0.29) is 5.91 Å². The third-order valence-corrected chi connectivity index (χ3v) is 4.38. The Morgan fingerprint density at radius 1 is 0.810 bits per heavy atom. The number of amides is 1. The number of aryl methyl sites for hydroxylation is 2. The van der Waals surface area contributed by atoms with Crippen LogP contribution in [-0.4, -0.2) is 12.5 Å². The van der Waals surface area contributed by atoms with Crippen molar-refractivity contribution in [1.29, 1.82) is 0 Å². The zero-order valence-corrected chi connectivity index (χ0v) is 11.9. The molecule has 3 nitrogen and oxygen atoms in total. The highest BCUT2D eigenvalue weighted by atomic mass is 16.1. The van der Waals surface area contributed by atoms with E-state index in [2.05, 4.69) is 41.0 Å². The number of hydrogen-bond acceptors (Lipinski definition) is 2. The van der Waals surface area contributed by atoms with Crippen molar-refractivity contribution >= 4 is 17.3 Å². The Bertz CT molecular complexity index is 721. The second-order valence-corrected chi connectivity index (χ2v) is 5.82. The smallest absolute Gasteiger partial charge is 0.224 e. The molecule has 0 aromatic heterocycles. The van der Waals surface area contributed by atoms with Crippen LogP contribution in [-0.2, 0) is 17.6 Å². The first-order valence-electron chi connectivity index (χ1n) is 7.59. The predicted octanol–water partition coefficient (Wildman–Crippen LogP) is 3.60. The number of fused-ring (bicyclic) bond motifs is 2. The van der Waals surface area contributed by atoms with Gasteiger partial charge in [0.25, 0.3) is 0 Å². The molecule has 2 aliphatic rings. The van der Waals surface area contributed by atoms with Crippen molar-refractivity contribution in [3.05, 3.63) is 47.5 Å². The number of hydrogen-bond donors (Lipinski definition) is 2. The van der Waals surface area contributed by atoms with E-state index < -0.39 is 0 Å². The van der Waals surface area contributed by atoms with E-state index in [4.69, 9.17) is 0 Å². The van der Waals surface area contributed by atoms with Crippen molar-refractivity contribution in [3.63, 3.8) is 0 Å². The summed E-state index contributed by atoms with van der Waals surface area (Å²) in [6.07, 6.45) is 3.77. The molecule has 0 saturated heterocycles. The van der Waals surface area contributed by atoms with E-state index >= 15 is 0 Å². The lowest BCUT2D eigenvalue weighted by Gasteiger charge is -2.20. The van der Waals surface area contributed by atoms with Gasteiger partial charge in [-0.25, -0.2) is 0 Å². The number of benzene rings is 2. The monoisotopic (exact) mass is 278 g/mol. The Labute approximate surface area is 124 Å². The lowest BCUT2D eigenvalue weighted by atomic mass is 9.94. The van der Waals surface area contributed by atoms with Gasteiger partial charge in [-0.05, 0) is 65.8 Å². The largest absolute Gasteiger partial charge is 0.385 e. The van der Waals surface area contributed by atoms with E-state index in [9.17, 15) is 4.79 Å². The van der Waals surface area contributed by atoms with Crippen molar-refractivity contribution in [2.75, 3.05) is 17.2 Å². The summed E-state index contributed by atoms with van der Waals surface area (Å²) in [5.74, 6) is 0.120. The van der Waals surface area contributed by atoms with Gasteiger partial charge in [-0.1, -0.05) is 12.1 Å². The van der Waals surface area contributed by atoms with Gasteiger partial charge in [0.2, 0.25) is 5.91 Å². The van der Waals surface area contributed by atoms with Crippen molar-refractivity contribution < 1.29 is 4.79 Å². The molecule has 0 bridgehead atoms. The molecule has 0 unspecified atom stereocenters. The molecule has 3 heteroatoms. The molecule has 0 radical (unpaired) electrons. The van der Waals surface area contributed by atoms with Crippen molar-refractivity contribution in [2.24, 2.45) is 0 Å². The molecule has 0 saturated carbocycles. The van der Waals surface area contributed by atoms with Gasteiger partial charge in [0.1, 0.15) is 0 Å². The summed E-state index contributed by atoms with van der Waals surface area (Å²) in [6, 6.07) is 13.0. The molecular weight excluding hydrogens is 260 g/mol. The Hall–Kier alpha value is -2.29. The Morgan fingerprint density at radius 2 is 1.52 bits per heavy atom. The van der Waals surface area contributed by atoms with Crippen LogP contribution in [0, 0.1) is 0 Å². The topological polar surface area (TPSA) is 41.1 Å². The van der Waals surface area contributed by atoms with Crippen LogP contribution in [0.1, 0.15) is 24.0 Å². The maximum Gasteiger partial charge on any atom is 0.224 e. The Balaban J connectivity index is 1.72. The van der Waals surface area contributed by atoms with Gasteiger partial charge in [0, 0.05) is 24.3 Å². The van der Waals surface area contributed by atoms with Gasteiger partial charge in [-0.2, -0.15) is 0 Å². The minimum atomic E-state index is 0.120. The van der Waals surface area contributed by atoms with E-state index in [1.54, 1.807) is 0 Å². The van der Waals surface area contributed by atoms with E-state index in [0.29, 0.717) is 6.42 Å². The fraction of sp³-hybridized carbons (Fsp3) is 0.278. The summed E-state index contributed by atoms with van der Waals surface area (Å²) in [6.45, 7) is 1.07. The normalized spacial score (nSPS) is 16.5. The van der Waals surface area contributed by atoms with Crippen LogP contribution in [0.2, 0.25) is 0 Å². The Kier molecular flexibility index (Phi) is 2.92. The van der Waals surface area contributed by atoms with Crippen molar-refractivity contribution in [1.82, 2.24) is 0 Å². The maximum absolute atomic E-state index is 11.4. The first kappa shape index (κ1) is 12.5. The molecule has 0 atom stereocenters. The average molecular weight is 278 g/mol. The van der Waals surface area contributed by atoms with Crippen molar-refractivity contribution in [2.45, 2.75) is 25.7 Å². The number of anilines is 2.